The summed E-state index contributed by atoms with van der Waals surface area (Å²) >= 11 is 0. The lowest BCUT2D eigenvalue weighted by Crippen LogP contribution is -2.67. The van der Waals surface area contributed by atoms with Crippen molar-refractivity contribution in [2.24, 2.45) is 35.5 Å². The second-order valence-electron chi connectivity index (χ2n) is 16.6. The van der Waals surface area contributed by atoms with Crippen molar-refractivity contribution in [1.82, 2.24) is 10.6 Å². The third-order valence-electron chi connectivity index (χ3n) is 13.3. The summed E-state index contributed by atoms with van der Waals surface area (Å²) in [7, 11) is 3.07. The van der Waals surface area contributed by atoms with Gasteiger partial charge in [0.2, 0.25) is 35.7 Å². The Morgan fingerprint density at radius 1 is 0.611 bits per heavy atom. The number of ether oxygens (including phenoxy) is 4. The van der Waals surface area contributed by atoms with Crippen molar-refractivity contribution in [3.63, 3.8) is 0 Å². The molecule has 8 heterocycles. The summed E-state index contributed by atoms with van der Waals surface area (Å²) in [4.78, 5) is 23.6. The molecule has 2 N–H and O–H groups in total. The van der Waals surface area contributed by atoms with Crippen LogP contribution in [0.15, 0.2) is 22.7 Å². The van der Waals surface area contributed by atoms with Gasteiger partial charge in [-0.3, -0.25) is 0 Å². The monoisotopic (exact) mass is 816 g/mol. The van der Waals surface area contributed by atoms with Crippen LogP contribution in [0.2, 0.25) is 0 Å². The Labute approximate surface area is 319 Å². The summed E-state index contributed by atoms with van der Waals surface area (Å²) in [5, 5.41) is 6.38. The van der Waals surface area contributed by atoms with Gasteiger partial charge < -0.3 is 29.6 Å². The SMILES string of the molecule is C[C@@H]1CC[C@H]2C(CNCCSSCCNCC3=C(C(F)(F)F)O[C@@H]4O[C@@]5(C)CCC6[C@H](C)CC[C@@H]3[C@]64OO5)=C(C(F)(F)F)O[C@@H]3O[C@@]4(C)CCC1C32OO4. The van der Waals surface area contributed by atoms with Crippen molar-refractivity contribution in [2.45, 2.75) is 127 Å². The molecule has 12 atom stereocenters. The van der Waals surface area contributed by atoms with Crippen LogP contribution in [-0.4, -0.2) is 85.4 Å². The summed E-state index contributed by atoms with van der Waals surface area (Å²) < 4.78 is 110. The molecule has 10 aliphatic rings. The van der Waals surface area contributed by atoms with Crippen molar-refractivity contribution in [3.8, 4) is 0 Å². The summed E-state index contributed by atoms with van der Waals surface area (Å²) in [6.45, 7) is 8.37. The topological polar surface area (TPSA) is 97.9 Å². The molecule has 306 valence electrons. The van der Waals surface area contributed by atoms with Gasteiger partial charge in [0.05, 0.1) is 0 Å². The lowest BCUT2D eigenvalue weighted by molar-refractivity contribution is -0.557. The maximum Gasteiger partial charge on any atom is 0.449 e. The molecular formula is C36H50F6N2O8S2. The minimum absolute atomic E-state index is 0.0244. The first-order chi connectivity index (χ1) is 25.5. The smallest absolute Gasteiger partial charge is 0.449 e. The van der Waals surface area contributed by atoms with Gasteiger partial charge in [0.15, 0.2) is 11.2 Å². The molecule has 8 aliphatic heterocycles. The minimum Gasteiger partial charge on any atom is -0.456 e. The van der Waals surface area contributed by atoms with Crippen molar-refractivity contribution in [3.05, 3.63) is 22.7 Å². The first kappa shape index (κ1) is 39.8. The third-order valence-corrected chi connectivity index (χ3v) is 15.7. The zero-order valence-electron chi connectivity index (χ0n) is 30.9. The quantitative estimate of drug-likeness (QED) is 0.0928. The molecule has 0 aromatic rings. The Hall–Kier alpha value is -0.960. The van der Waals surface area contributed by atoms with Crippen LogP contribution in [0.3, 0.4) is 0 Å². The predicted molar refractivity (Wildman–Crippen MR) is 185 cm³/mol. The highest BCUT2D eigenvalue weighted by molar-refractivity contribution is 8.76. The fourth-order valence-corrected chi connectivity index (χ4v) is 12.6. The standard InChI is InChI=1S/C36H50F6N2O8S2/c1-19-5-7-25-21(27(35(37,38)39)45-29-33(25)23(19)9-11-31(3,47-29)49-51-33)17-43-13-15-53-54-16-14-44-18-22-26-8-6-20(2)24-10-12-32(4)48-30(34(24,26)52-50-32)46-28(22)36(40,41)42/h19-20,23-26,29-30,43-44H,5-18H2,1-4H3/t19-,20-,23?,24?,25+,26+,29-,30-,31-,32-,33-,34?/m1/s1. The lowest BCUT2D eigenvalue weighted by Gasteiger charge is -2.57. The molecule has 4 bridgehead atoms. The van der Waals surface area contributed by atoms with Crippen LogP contribution in [0, 0.1) is 35.5 Å². The molecule has 54 heavy (non-hydrogen) atoms. The average molecular weight is 817 g/mol. The Balaban J connectivity index is 0.847. The number of hydrogen-bond donors (Lipinski definition) is 2. The molecule has 10 nitrogen and oxygen atoms in total. The largest absolute Gasteiger partial charge is 0.456 e. The number of halogens is 6. The van der Waals surface area contributed by atoms with E-state index in [-0.39, 0.29) is 47.9 Å². The molecule has 8 fully saturated rings. The van der Waals surface area contributed by atoms with E-state index in [1.54, 1.807) is 13.8 Å². The molecule has 0 amide bonds. The zero-order valence-corrected chi connectivity index (χ0v) is 32.5. The highest BCUT2D eigenvalue weighted by atomic mass is 33.1. The summed E-state index contributed by atoms with van der Waals surface area (Å²) in [5.74, 6) is -4.08. The van der Waals surface area contributed by atoms with E-state index in [0.717, 1.165) is 12.8 Å². The molecule has 2 saturated carbocycles. The van der Waals surface area contributed by atoms with Gasteiger partial charge in [-0.15, -0.1) is 0 Å². The minimum atomic E-state index is -4.70. The van der Waals surface area contributed by atoms with Gasteiger partial charge in [-0.05, 0) is 75.4 Å². The van der Waals surface area contributed by atoms with E-state index in [2.05, 4.69) is 24.5 Å². The van der Waals surface area contributed by atoms with Crippen LogP contribution in [0.5, 0.6) is 0 Å². The predicted octanol–water partition coefficient (Wildman–Crippen LogP) is 7.67. The molecule has 2 spiro atoms. The fourth-order valence-electron chi connectivity index (χ4n) is 10.7. The number of alkyl halides is 6. The Bertz CT molecular complexity index is 1400. The molecular weight excluding hydrogens is 767 g/mol. The van der Waals surface area contributed by atoms with E-state index in [1.165, 1.54) is 21.6 Å². The van der Waals surface area contributed by atoms with Crippen LogP contribution in [0.1, 0.15) is 79.1 Å². The van der Waals surface area contributed by atoms with Crippen molar-refractivity contribution < 1.29 is 64.8 Å². The first-order valence-electron chi connectivity index (χ1n) is 19.2. The number of hydrogen-bond acceptors (Lipinski definition) is 12. The van der Waals surface area contributed by atoms with Crippen LogP contribution in [0.4, 0.5) is 26.3 Å². The van der Waals surface area contributed by atoms with E-state index in [0.29, 0.717) is 63.1 Å². The maximum absolute atomic E-state index is 14.4. The molecule has 10 rings (SSSR count). The Morgan fingerprint density at radius 2 is 1.02 bits per heavy atom. The van der Waals surface area contributed by atoms with E-state index >= 15 is 0 Å². The van der Waals surface area contributed by atoms with Gasteiger partial charge in [0.25, 0.3) is 0 Å². The van der Waals surface area contributed by atoms with Gasteiger partial charge in [0, 0.05) is 74.2 Å². The number of allylic oxidation sites excluding steroid dienone is 2. The van der Waals surface area contributed by atoms with Crippen LogP contribution >= 0.6 is 21.6 Å². The van der Waals surface area contributed by atoms with Crippen molar-refractivity contribution in [1.29, 1.82) is 0 Å². The molecule has 0 radical (unpaired) electrons. The highest BCUT2D eigenvalue weighted by Gasteiger charge is 2.71. The molecule has 2 aliphatic carbocycles. The Kier molecular flexibility index (Phi) is 10.6. The van der Waals surface area contributed by atoms with Crippen molar-refractivity contribution in [2.75, 3.05) is 37.7 Å². The first-order valence-corrected chi connectivity index (χ1v) is 21.7. The van der Waals surface area contributed by atoms with Crippen LogP contribution in [-0.2, 0) is 38.5 Å². The van der Waals surface area contributed by atoms with E-state index in [9.17, 15) is 26.3 Å². The second-order valence-corrected chi connectivity index (χ2v) is 19.4. The van der Waals surface area contributed by atoms with E-state index < -0.39 is 71.1 Å². The molecule has 0 aromatic heterocycles. The van der Waals surface area contributed by atoms with Gasteiger partial charge in [-0.25, -0.2) is 19.6 Å². The Morgan fingerprint density at radius 3 is 1.41 bits per heavy atom. The summed E-state index contributed by atoms with van der Waals surface area (Å²) in [5.41, 5.74) is -2.04. The molecule has 18 heteroatoms. The van der Waals surface area contributed by atoms with Crippen LogP contribution in [0.25, 0.3) is 0 Å². The molecule has 6 saturated heterocycles. The zero-order chi connectivity index (χ0) is 38.3. The molecule has 3 unspecified atom stereocenters. The molecule has 0 aromatic carbocycles. The highest BCUT2D eigenvalue weighted by Crippen LogP contribution is 2.63. The summed E-state index contributed by atoms with van der Waals surface area (Å²) in [6.07, 6.45) is -6.92. The number of nitrogens with one attached hydrogen (secondary N) is 2. The van der Waals surface area contributed by atoms with Gasteiger partial charge in [0.1, 0.15) is 0 Å². The lowest BCUT2D eigenvalue weighted by atomic mass is 9.59. The second kappa shape index (κ2) is 14.4. The van der Waals surface area contributed by atoms with Crippen molar-refractivity contribution >= 4 is 21.6 Å². The van der Waals surface area contributed by atoms with Crippen LogP contribution < -0.4 is 10.6 Å². The van der Waals surface area contributed by atoms with E-state index in [1.807, 2.05) is 0 Å². The van der Waals surface area contributed by atoms with Gasteiger partial charge >= 0.3 is 12.4 Å². The van der Waals surface area contributed by atoms with Gasteiger partial charge in [-0.2, -0.15) is 26.3 Å². The number of rotatable bonds is 11. The third kappa shape index (κ3) is 6.71. The summed E-state index contributed by atoms with van der Waals surface area (Å²) in [6, 6.07) is 0. The number of fused-ring (bicyclic) bond motifs is 4. The average Bonchev–Trinajstić information content (AvgIpc) is 3.48. The fraction of sp³-hybridized carbons (Fsp3) is 0.889. The van der Waals surface area contributed by atoms with Gasteiger partial charge in [-0.1, -0.05) is 35.4 Å². The maximum atomic E-state index is 14.4. The normalized spacial score (nSPS) is 44.3. The van der Waals surface area contributed by atoms with E-state index in [4.69, 9.17) is 38.5 Å².